The van der Waals surface area contributed by atoms with Gasteiger partial charge in [-0.1, -0.05) is 24.6 Å². The Morgan fingerprint density at radius 1 is 1.14 bits per heavy atom. The van der Waals surface area contributed by atoms with Crippen LogP contribution in [0.4, 0.5) is 17.5 Å². The third-order valence-corrected chi connectivity index (χ3v) is 3.48. The van der Waals surface area contributed by atoms with Gasteiger partial charge in [-0.15, -0.1) is 5.10 Å². The van der Waals surface area contributed by atoms with Crippen molar-refractivity contribution >= 4 is 17.5 Å². The third kappa shape index (κ3) is 3.90. The van der Waals surface area contributed by atoms with E-state index in [0.29, 0.717) is 17.8 Å². The molecule has 1 unspecified atom stereocenters. The van der Waals surface area contributed by atoms with Crippen LogP contribution < -0.4 is 10.6 Å². The lowest BCUT2D eigenvalue weighted by Gasteiger charge is -2.14. The van der Waals surface area contributed by atoms with Crippen LogP contribution in [0.5, 0.6) is 0 Å². The second-order valence-corrected chi connectivity index (χ2v) is 5.52. The van der Waals surface area contributed by atoms with Crippen molar-refractivity contribution in [3.8, 4) is 0 Å². The Hall–Kier alpha value is -2.17. The van der Waals surface area contributed by atoms with Gasteiger partial charge >= 0.3 is 0 Å². The molecule has 112 valence electrons. The Bertz CT molecular complexity index is 601. The molecule has 1 heterocycles. The van der Waals surface area contributed by atoms with Crippen molar-refractivity contribution in [2.45, 2.75) is 47.1 Å². The Morgan fingerprint density at radius 2 is 1.81 bits per heavy atom. The van der Waals surface area contributed by atoms with Gasteiger partial charge in [0.1, 0.15) is 0 Å². The maximum Gasteiger partial charge on any atom is 0.244 e. The van der Waals surface area contributed by atoms with E-state index < -0.39 is 0 Å². The van der Waals surface area contributed by atoms with Crippen LogP contribution in [0, 0.1) is 20.8 Å². The van der Waals surface area contributed by atoms with Crippen LogP contribution in [-0.4, -0.2) is 21.2 Å². The van der Waals surface area contributed by atoms with E-state index in [1.807, 2.05) is 0 Å². The molecule has 1 aromatic heterocycles. The lowest BCUT2D eigenvalue weighted by molar-refractivity contribution is 0.746. The summed E-state index contributed by atoms with van der Waals surface area (Å²) < 4.78 is 0. The monoisotopic (exact) mass is 285 g/mol. The zero-order chi connectivity index (χ0) is 15.4. The Labute approximate surface area is 126 Å². The van der Waals surface area contributed by atoms with E-state index in [0.717, 1.165) is 12.1 Å². The SMILES string of the molecule is CCC(C)Nc1nncc(Nc2c(C)cc(C)cc2C)n1. The van der Waals surface area contributed by atoms with Crippen molar-refractivity contribution in [3.05, 3.63) is 35.0 Å². The third-order valence-electron chi connectivity index (χ3n) is 3.48. The second-order valence-electron chi connectivity index (χ2n) is 5.52. The molecule has 5 heteroatoms. The van der Waals surface area contributed by atoms with Gasteiger partial charge < -0.3 is 10.6 Å². The first-order valence-electron chi connectivity index (χ1n) is 7.30. The number of hydrogen-bond acceptors (Lipinski definition) is 5. The minimum atomic E-state index is 0.324. The number of aromatic nitrogens is 3. The molecule has 0 aliphatic rings. The van der Waals surface area contributed by atoms with Crippen LogP contribution in [0.2, 0.25) is 0 Å². The molecule has 21 heavy (non-hydrogen) atoms. The molecular formula is C16H23N5. The van der Waals surface area contributed by atoms with Gasteiger partial charge in [-0.25, -0.2) is 0 Å². The van der Waals surface area contributed by atoms with E-state index in [-0.39, 0.29) is 0 Å². The van der Waals surface area contributed by atoms with Gasteiger partial charge in [0.2, 0.25) is 5.95 Å². The maximum absolute atomic E-state index is 4.46. The Balaban J connectivity index is 2.22. The summed E-state index contributed by atoms with van der Waals surface area (Å²) in [6, 6.07) is 4.63. The summed E-state index contributed by atoms with van der Waals surface area (Å²) in [5.74, 6) is 1.25. The molecule has 2 rings (SSSR count). The number of nitrogens with one attached hydrogen (secondary N) is 2. The molecule has 0 saturated heterocycles. The summed E-state index contributed by atoms with van der Waals surface area (Å²) in [6.45, 7) is 10.5. The van der Waals surface area contributed by atoms with Crippen molar-refractivity contribution in [3.63, 3.8) is 0 Å². The van der Waals surface area contributed by atoms with Crippen LogP contribution in [0.15, 0.2) is 18.3 Å². The van der Waals surface area contributed by atoms with Gasteiger partial charge in [0.25, 0.3) is 0 Å². The van der Waals surface area contributed by atoms with Crippen molar-refractivity contribution in [2.75, 3.05) is 10.6 Å². The molecule has 1 atom stereocenters. The number of nitrogens with zero attached hydrogens (tertiary/aromatic N) is 3. The highest BCUT2D eigenvalue weighted by Crippen LogP contribution is 2.25. The first-order chi connectivity index (χ1) is 9.99. The zero-order valence-electron chi connectivity index (χ0n) is 13.4. The molecule has 0 spiro atoms. The normalized spacial score (nSPS) is 12.0. The molecule has 5 nitrogen and oxygen atoms in total. The summed E-state index contributed by atoms with van der Waals surface area (Å²) in [5.41, 5.74) is 4.73. The number of anilines is 3. The molecule has 0 amide bonds. The molecule has 0 radical (unpaired) electrons. The van der Waals surface area contributed by atoms with Crippen LogP contribution in [-0.2, 0) is 0 Å². The van der Waals surface area contributed by atoms with Crippen molar-refractivity contribution < 1.29 is 0 Å². The van der Waals surface area contributed by atoms with Gasteiger partial charge in [0.15, 0.2) is 5.82 Å². The predicted molar refractivity (Wildman–Crippen MR) is 87.1 cm³/mol. The van der Waals surface area contributed by atoms with E-state index in [9.17, 15) is 0 Å². The van der Waals surface area contributed by atoms with Gasteiger partial charge in [-0.3, -0.25) is 0 Å². The minimum Gasteiger partial charge on any atom is -0.350 e. The Kier molecular flexibility index (Phi) is 4.73. The molecule has 0 aliphatic carbocycles. The first kappa shape index (κ1) is 15.2. The second kappa shape index (κ2) is 6.52. The molecule has 0 bridgehead atoms. The van der Waals surface area contributed by atoms with Crippen LogP contribution in [0.3, 0.4) is 0 Å². The lowest BCUT2D eigenvalue weighted by Crippen LogP contribution is -2.16. The molecule has 2 N–H and O–H groups in total. The smallest absolute Gasteiger partial charge is 0.244 e. The standard InChI is InChI=1S/C16H23N5/c1-6-13(5)18-16-20-14(9-17-21-16)19-15-11(3)7-10(2)8-12(15)4/h7-9,13H,6H2,1-5H3,(H2,18,19,20,21). The van der Waals surface area contributed by atoms with E-state index in [4.69, 9.17) is 0 Å². The first-order valence-corrected chi connectivity index (χ1v) is 7.30. The Morgan fingerprint density at radius 3 is 2.43 bits per heavy atom. The minimum absolute atomic E-state index is 0.324. The van der Waals surface area contributed by atoms with Crippen LogP contribution >= 0.6 is 0 Å². The number of benzene rings is 1. The van der Waals surface area contributed by atoms with Crippen molar-refractivity contribution in [1.82, 2.24) is 15.2 Å². The molecular weight excluding hydrogens is 262 g/mol. The van der Waals surface area contributed by atoms with E-state index >= 15 is 0 Å². The summed E-state index contributed by atoms with van der Waals surface area (Å²) in [5, 5.41) is 14.6. The van der Waals surface area contributed by atoms with Crippen molar-refractivity contribution in [1.29, 1.82) is 0 Å². The fourth-order valence-electron chi connectivity index (χ4n) is 2.25. The lowest BCUT2D eigenvalue weighted by atomic mass is 10.1. The average Bonchev–Trinajstić information content (AvgIpc) is 2.43. The fraction of sp³-hybridized carbons (Fsp3) is 0.438. The van der Waals surface area contributed by atoms with Gasteiger partial charge in [0.05, 0.1) is 6.20 Å². The van der Waals surface area contributed by atoms with E-state index in [2.05, 4.69) is 72.6 Å². The van der Waals surface area contributed by atoms with Gasteiger partial charge in [-0.05, 0) is 45.2 Å². The zero-order valence-corrected chi connectivity index (χ0v) is 13.4. The predicted octanol–water partition coefficient (Wildman–Crippen LogP) is 3.75. The molecule has 0 aliphatic heterocycles. The van der Waals surface area contributed by atoms with E-state index in [1.165, 1.54) is 16.7 Å². The topological polar surface area (TPSA) is 62.7 Å². The van der Waals surface area contributed by atoms with Crippen molar-refractivity contribution in [2.24, 2.45) is 0 Å². The number of aryl methyl sites for hydroxylation is 3. The summed E-state index contributed by atoms with van der Waals surface area (Å²) in [7, 11) is 0. The molecule has 0 fully saturated rings. The molecule has 0 saturated carbocycles. The van der Waals surface area contributed by atoms with Crippen LogP contribution in [0.1, 0.15) is 37.0 Å². The number of hydrogen-bond donors (Lipinski definition) is 2. The molecule has 1 aromatic carbocycles. The highest BCUT2D eigenvalue weighted by atomic mass is 15.3. The average molecular weight is 285 g/mol. The highest BCUT2D eigenvalue weighted by molar-refractivity contribution is 5.65. The number of rotatable bonds is 5. The van der Waals surface area contributed by atoms with E-state index in [1.54, 1.807) is 6.20 Å². The highest BCUT2D eigenvalue weighted by Gasteiger charge is 2.07. The summed E-state index contributed by atoms with van der Waals surface area (Å²) >= 11 is 0. The van der Waals surface area contributed by atoms with Crippen LogP contribution in [0.25, 0.3) is 0 Å². The summed E-state index contributed by atoms with van der Waals surface area (Å²) in [4.78, 5) is 4.46. The fourth-order valence-corrected chi connectivity index (χ4v) is 2.25. The maximum atomic E-state index is 4.46. The van der Waals surface area contributed by atoms with Gasteiger partial charge in [-0.2, -0.15) is 10.1 Å². The largest absolute Gasteiger partial charge is 0.350 e. The summed E-state index contributed by atoms with van der Waals surface area (Å²) in [6.07, 6.45) is 2.65. The quantitative estimate of drug-likeness (QED) is 0.876. The molecule has 2 aromatic rings. The van der Waals surface area contributed by atoms with Gasteiger partial charge in [0, 0.05) is 11.7 Å².